The molecule has 1 aliphatic heterocycles. The SMILES string of the molecule is CNC1=C(c2sccc2C(F)(F)F)C(=O)C(c2ccccc2)S1. The number of alkyl halides is 3. The van der Waals surface area contributed by atoms with Gasteiger partial charge in [0, 0.05) is 7.05 Å². The van der Waals surface area contributed by atoms with Crippen LogP contribution in [0.4, 0.5) is 13.2 Å². The average Bonchev–Trinajstić information content (AvgIpc) is 3.11. The first-order valence-corrected chi connectivity index (χ1v) is 8.52. The van der Waals surface area contributed by atoms with Crippen LogP contribution >= 0.6 is 23.1 Å². The summed E-state index contributed by atoms with van der Waals surface area (Å²) in [6.45, 7) is 0. The van der Waals surface area contributed by atoms with Gasteiger partial charge < -0.3 is 5.32 Å². The predicted molar refractivity (Wildman–Crippen MR) is 87.1 cm³/mol. The van der Waals surface area contributed by atoms with Crippen molar-refractivity contribution in [2.75, 3.05) is 7.05 Å². The summed E-state index contributed by atoms with van der Waals surface area (Å²) in [6.07, 6.45) is -4.48. The molecule has 2 aromatic rings. The quantitative estimate of drug-likeness (QED) is 0.864. The summed E-state index contributed by atoms with van der Waals surface area (Å²) >= 11 is 2.20. The Hall–Kier alpha value is -1.73. The van der Waals surface area contributed by atoms with Crippen LogP contribution in [0.3, 0.4) is 0 Å². The number of nitrogens with one attached hydrogen (secondary N) is 1. The Morgan fingerprint density at radius 2 is 1.83 bits per heavy atom. The molecule has 0 radical (unpaired) electrons. The van der Waals surface area contributed by atoms with Gasteiger partial charge in [-0.1, -0.05) is 42.1 Å². The number of thiophene rings is 1. The molecule has 0 amide bonds. The van der Waals surface area contributed by atoms with E-state index in [-0.39, 0.29) is 16.2 Å². The first-order chi connectivity index (χ1) is 10.9. The first kappa shape index (κ1) is 16.1. The number of carbonyl (C=O) groups is 1. The summed E-state index contributed by atoms with van der Waals surface area (Å²) in [4.78, 5) is 12.8. The van der Waals surface area contributed by atoms with Gasteiger partial charge in [-0.05, 0) is 17.0 Å². The Bertz CT molecular complexity index is 765. The third-order valence-corrected chi connectivity index (χ3v) is 5.77. The molecule has 7 heteroatoms. The molecule has 1 aromatic carbocycles. The van der Waals surface area contributed by atoms with E-state index in [2.05, 4.69) is 5.32 Å². The van der Waals surface area contributed by atoms with E-state index in [0.29, 0.717) is 5.03 Å². The summed E-state index contributed by atoms with van der Waals surface area (Å²) in [6, 6.07) is 10.1. The molecule has 3 rings (SSSR count). The number of ketones is 1. The van der Waals surface area contributed by atoms with Crippen molar-refractivity contribution in [3.05, 3.63) is 62.8 Å². The minimum atomic E-state index is -4.48. The van der Waals surface area contributed by atoms with Crippen LogP contribution in [0.1, 0.15) is 21.3 Å². The van der Waals surface area contributed by atoms with Crippen LogP contribution in [0, 0.1) is 0 Å². The van der Waals surface area contributed by atoms with Gasteiger partial charge >= 0.3 is 6.18 Å². The molecule has 0 saturated carbocycles. The van der Waals surface area contributed by atoms with E-state index in [1.807, 2.05) is 30.3 Å². The fourth-order valence-corrected chi connectivity index (χ4v) is 4.67. The largest absolute Gasteiger partial charge is 0.417 e. The van der Waals surface area contributed by atoms with Crippen LogP contribution in [0.5, 0.6) is 0 Å². The normalized spacial score (nSPS) is 18.6. The molecule has 2 nitrogen and oxygen atoms in total. The van der Waals surface area contributed by atoms with Crippen LogP contribution in [-0.4, -0.2) is 12.8 Å². The molecule has 1 atom stereocenters. The number of hydrogen-bond donors (Lipinski definition) is 1. The summed E-state index contributed by atoms with van der Waals surface area (Å²) in [5.74, 6) is -0.293. The zero-order chi connectivity index (χ0) is 16.6. The van der Waals surface area contributed by atoms with Crippen LogP contribution in [0.15, 0.2) is 46.8 Å². The monoisotopic (exact) mass is 355 g/mol. The number of carbonyl (C=O) groups excluding carboxylic acids is 1. The van der Waals surface area contributed by atoms with Crippen molar-refractivity contribution < 1.29 is 18.0 Å². The molecule has 1 aromatic heterocycles. The molecule has 0 fully saturated rings. The third-order valence-electron chi connectivity index (χ3n) is 3.47. The Morgan fingerprint density at radius 1 is 1.13 bits per heavy atom. The Balaban J connectivity index is 2.05. The summed E-state index contributed by atoms with van der Waals surface area (Å²) in [5, 5.41) is 4.21. The topological polar surface area (TPSA) is 29.1 Å². The van der Waals surface area contributed by atoms with Crippen molar-refractivity contribution in [1.82, 2.24) is 5.32 Å². The number of hydrogen-bond acceptors (Lipinski definition) is 4. The number of halogens is 3. The molecule has 1 aliphatic rings. The van der Waals surface area contributed by atoms with E-state index in [1.165, 1.54) is 17.1 Å². The Kier molecular flexibility index (Phi) is 4.25. The van der Waals surface area contributed by atoms with Gasteiger partial charge in [0.2, 0.25) is 0 Å². The zero-order valence-electron chi connectivity index (χ0n) is 12.0. The highest BCUT2D eigenvalue weighted by molar-refractivity contribution is 8.04. The van der Waals surface area contributed by atoms with Crippen molar-refractivity contribution in [1.29, 1.82) is 0 Å². The number of benzene rings is 1. The minimum absolute atomic E-state index is 0.0159. The van der Waals surface area contributed by atoms with Crippen LogP contribution in [0.25, 0.3) is 5.57 Å². The molecule has 23 heavy (non-hydrogen) atoms. The van der Waals surface area contributed by atoms with Crippen molar-refractivity contribution in [2.24, 2.45) is 0 Å². The highest BCUT2D eigenvalue weighted by atomic mass is 32.2. The highest BCUT2D eigenvalue weighted by Crippen LogP contribution is 2.50. The van der Waals surface area contributed by atoms with Crippen molar-refractivity contribution in [3.63, 3.8) is 0 Å². The standard InChI is InChI=1S/C16H12F3NOS2/c1-20-15-11(14-10(7-8-22-14)16(17,18)19)12(21)13(23-15)9-5-3-2-4-6-9/h2-8,13,20H,1H3. The summed E-state index contributed by atoms with van der Waals surface area (Å²) in [5.41, 5.74) is 0.164. The molecule has 0 spiro atoms. The molecule has 0 saturated heterocycles. The lowest BCUT2D eigenvalue weighted by atomic mass is 10.0. The second-order valence-electron chi connectivity index (χ2n) is 4.89. The van der Waals surface area contributed by atoms with Gasteiger partial charge in [-0.2, -0.15) is 13.2 Å². The molecule has 2 heterocycles. The maximum atomic E-state index is 13.2. The van der Waals surface area contributed by atoms with Gasteiger partial charge in [-0.15, -0.1) is 11.3 Å². The lowest BCUT2D eigenvalue weighted by molar-refractivity contribution is -0.137. The van der Waals surface area contributed by atoms with Crippen LogP contribution < -0.4 is 5.32 Å². The number of Topliss-reactive ketones (excluding diaryl/α,β-unsaturated/α-hetero) is 1. The molecule has 0 aliphatic carbocycles. The van der Waals surface area contributed by atoms with Gasteiger partial charge in [-0.3, -0.25) is 4.79 Å². The van der Waals surface area contributed by atoms with Gasteiger partial charge in [0.15, 0.2) is 5.78 Å². The van der Waals surface area contributed by atoms with E-state index in [4.69, 9.17) is 0 Å². The first-order valence-electron chi connectivity index (χ1n) is 6.76. The number of allylic oxidation sites excluding steroid dienone is 1. The van der Waals surface area contributed by atoms with Gasteiger partial charge in [0.05, 0.1) is 26.3 Å². The van der Waals surface area contributed by atoms with E-state index >= 15 is 0 Å². The Labute approximate surface area is 139 Å². The molecule has 0 bridgehead atoms. The predicted octanol–water partition coefficient (Wildman–Crippen LogP) is 4.71. The second kappa shape index (κ2) is 6.05. The maximum Gasteiger partial charge on any atom is 0.417 e. The van der Waals surface area contributed by atoms with Gasteiger partial charge in [0.25, 0.3) is 0 Å². The smallest absolute Gasteiger partial charge is 0.382 e. The van der Waals surface area contributed by atoms with E-state index in [9.17, 15) is 18.0 Å². The van der Waals surface area contributed by atoms with Crippen LogP contribution in [0.2, 0.25) is 0 Å². The van der Waals surface area contributed by atoms with Crippen molar-refractivity contribution in [2.45, 2.75) is 11.4 Å². The lowest BCUT2D eigenvalue weighted by Gasteiger charge is -2.10. The van der Waals surface area contributed by atoms with E-state index in [1.54, 1.807) is 7.05 Å². The van der Waals surface area contributed by atoms with Gasteiger partial charge in [0.1, 0.15) is 0 Å². The van der Waals surface area contributed by atoms with E-state index < -0.39 is 17.0 Å². The maximum absolute atomic E-state index is 13.2. The molecule has 1 unspecified atom stereocenters. The second-order valence-corrected chi connectivity index (χ2v) is 6.92. The number of thioether (sulfide) groups is 1. The molecular weight excluding hydrogens is 343 g/mol. The van der Waals surface area contributed by atoms with Gasteiger partial charge in [-0.25, -0.2) is 0 Å². The summed E-state index contributed by atoms with van der Waals surface area (Å²) in [7, 11) is 1.61. The fourth-order valence-electron chi connectivity index (χ4n) is 2.45. The number of rotatable bonds is 3. The lowest BCUT2D eigenvalue weighted by Crippen LogP contribution is -2.11. The van der Waals surface area contributed by atoms with Crippen molar-refractivity contribution in [3.8, 4) is 0 Å². The zero-order valence-corrected chi connectivity index (χ0v) is 13.6. The summed E-state index contributed by atoms with van der Waals surface area (Å²) < 4.78 is 39.5. The minimum Gasteiger partial charge on any atom is -0.382 e. The third kappa shape index (κ3) is 2.90. The van der Waals surface area contributed by atoms with Crippen molar-refractivity contribution >= 4 is 34.5 Å². The fraction of sp³-hybridized carbons (Fsp3) is 0.188. The molecule has 120 valence electrons. The molecule has 1 N–H and O–H groups in total. The Morgan fingerprint density at radius 3 is 2.43 bits per heavy atom. The van der Waals surface area contributed by atoms with Crippen LogP contribution in [-0.2, 0) is 11.0 Å². The highest BCUT2D eigenvalue weighted by Gasteiger charge is 2.41. The average molecular weight is 355 g/mol. The molecular formula is C16H12F3NOS2. The van der Waals surface area contributed by atoms with E-state index in [0.717, 1.165) is 23.0 Å².